The quantitative estimate of drug-likeness (QED) is 0.173. The number of hydrogen-bond donors (Lipinski definition) is 4. The zero-order valence-electron chi connectivity index (χ0n) is 12.8. The minimum Gasteiger partial charge on any atom is -0.467 e. The fraction of sp³-hybridized carbons (Fsp3) is 0.667. The predicted octanol–water partition coefficient (Wildman–Crippen LogP) is -1.56. The molecule has 1 atom stereocenters. The van der Waals surface area contributed by atoms with Gasteiger partial charge in [-0.2, -0.15) is 0 Å². The molecule has 10 nitrogen and oxygen atoms in total. The van der Waals surface area contributed by atoms with E-state index in [1.807, 2.05) is 0 Å². The first kappa shape index (κ1) is 19.5. The van der Waals surface area contributed by atoms with Crippen molar-refractivity contribution in [2.45, 2.75) is 25.8 Å². The third-order valence-corrected chi connectivity index (χ3v) is 2.43. The predicted molar refractivity (Wildman–Crippen MR) is 78.9 cm³/mol. The summed E-state index contributed by atoms with van der Waals surface area (Å²) >= 11 is 0. The van der Waals surface area contributed by atoms with E-state index < -0.39 is 24.0 Å². The van der Waals surface area contributed by atoms with Crippen molar-refractivity contribution in [3.8, 4) is 0 Å². The molecule has 126 valence electrons. The van der Waals surface area contributed by atoms with Crippen LogP contribution in [0.15, 0.2) is 4.99 Å². The maximum absolute atomic E-state index is 11.6. The molecule has 0 aromatic heterocycles. The number of carbonyl (C=O) groups is 3. The van der Waals surface area contributed by atoms with Crippen LogP contribution in [-0.2, 0) is 19.1 Å². The zero-order valence-corrected chi connectivity index (χ0v) is 12.8. The molecule has 0 rings (SSSR count). The maximum Gasteiger partial charge on any atom is 0.328 e. The highest BCUT2D eigenvalue weighted by Crippen LogP contribution is 2.00. The van der Waals surface area contributed by atoms with E-state index in [-0.39, 0.29) is 25.5 Å². The van der Waals surface area contributed by atoms with Crippen molar-refractivity contribution in [3.05, 3.63) is 0 Å². The van der Waals surface area contributed by atoms with Gasteiger partial charge in [0.05, 0.1) is 13.7 Å². The normalized spacial score (nSPS) is 11.0. The summed E-state index contributed by atoms with van der Waals surface area (Å²) in [5.74, 6) is -1.22. The van der Waals surface area contributed by atoms with Crippen LogP contribution in [0.5, 0.6) is 0 Å². The number of amides is 2. The average molecular weight is 317 g/mol. The Morgan fingerprint density at radius 1 is 1.27 bits per heavy atom. The topological polar surface area (TPSA) is 158 Å². The molecule has 0 unspecified atom stereocenters. The van der Waals surface area contributed by atoms with Gasteiger partial charge in [-0.15, -0.1) is 0 Å². The van der Waals surface area contributed by atoms with Gasteiger partial charge >= 0.3 is 18.0 Å². The number of aliphatic imine (C=N–C) groups is 1. The highest BCUT2D eigenvalue weighted by molar-refractivity contribution is 5.85. The van der Waals surface area contributed by atoms with Gasteiger partial charge in [0.1, 0.15) is 12.6 Å². The second-order valence-corrected chi connectivity index (χ2v) is 4.16. The molecule has 6 N–H and O–H groups in total. The Bertz CT molecular complexity index is 409. The average Bonchev–Trinajstić information content (AvgIpc) is 2.47. The van der Waals surface area contributed by atoms with Crippen molar-refractivity contribution in [3.63, 3.8) is 0 Å². The van der Waals surface area contributed by atoms with E-state index in [0.717, 1.165) is 0 Å². The molecule has 0 aliphatic carbocycles. The van der Waals surface area contributed by atoms with Crippen LogP contribution in [0.3, 0.4) is 0 Å². The Morgan fingerprint density at radius 3 is 2.50 bits per heavy atom. The molecule has 0 aliphatic rings. The van der Waals surface area contributed by atoms with Gasteiger partial charge in [0, 0.05) is 6.54 Å². The first-order chi connectivity index (χ1) is 10.4. The Balaban J connectivity index is 4.28. The highest BCUT2D eigenvalue weighted by atomic mass is 16.5. The van der Waals surface area contributed by atoms with Crippen LogP contribution in [0.25, 0.3) is 0 Å². The van der Waals surface area contributed by atoms with Crippen molar-refractivity contribution in [2.75, 3.05) is 26.8 Å². The molecule has 0 spiro atoms. The largest absolute Gasteiger partial charge is 0.467 e. The molecule has 0 bridgehead atoms. The Labute approximate surface area is 128 Å². The van der Waals surface area contributed by atoms with Crippen molar-refractivity contribution >= 4 is 23.9 Å². The lowest BCUT2D eigenvalue weighted by Gasteiger charge is -2.16. The number of esters is 2. The molecular formula is C12H23N5O5. The molecule has 0 radical (unpaired) electrons. The Kier molecular flexibility index (Phi) is 9.89. The van der Waals surface area contributed by atoms with Gasteiger partial charge in [-0.05, 0) is 19.8 Å². The summed E-state index contributed by atoms with van der Waals surface area (Å²) in [5.41, 5.74) is 10.4. The number of nitrogens with one attached hydrogen (secondary N) is 2. The third-order valence-electron chi connectivity index (χ3n) is 2.43. The van der Waals surface area contributed by atoms with E-state index in [9.17, 15) is 14.4 Å². The van der Waals surface area contributed by atoms with Gasteiger partial charge in [-0.3, -0.25) is 9.79 Å². The summed E-state index contributed by atoms with van der Waals surface area (Å²) in [7, 11) is 1.21. The van der Waals surface area contributed by atoms with Gasteiger partial charge in [-0.25, -0.2) is 9.59 Å². The van der Waals surface area contributed by atoms with E-state index in [4.69, 9.17) is 11.5 Å². The number of hydrogen-bond acceptors (Lipinski definition) is 6. The zero-order chi connectivity index (χ0) is 17.0. The second kappa shape index (κ2) is 11.2. The maximum atomic E-state index is 11.6. The summed E-state index contributed by atoms with van der Waals surface area (Å²) in [6, 6.07) is -1.54. The van der Waals surface area contributed by atoms with Gasteiger partial charge in [0.25, 0.3) is 0 Å². The van der Waals surface area contributed by atoms with Crippen LogP contribution in [0.2, 0.25) is 0 Å². The standard InChI is InChI=1S/C12H23N5O5/c1-3-22-9(18)7-16-12(20)17-8(10(19)21-2)5-4-6-15-11(13)14/h8H,3-7H2,1-2H3,(H4,13,14,15)(H2,16,17,20)/t8-/m0/s1. The van der Waals surface area contributed by atoms with Gasteiger partial charge in [0.2, 0.25) is 0 Å². The fourth-order valence-corrected chi connectivity index (χ4v) is 1.47. The number of carbonyl (C=O) groups excluding carboxylic acids is 3. The first-order valence-corrected chi connectivity index (χ1v) is 6.73. The van der Waals surface area contributed by atoms with Crippen LogP contribution in [0.4, 0.5) is 4.79 Å². The third kappa shape index (κ3) is 9.39. The van der Waals surface area contributed by atoms with Gasteiger partial charge in [0.15, 0.2) is 5.96 Å². The highest BCUT2D eigenvalue weighted by Gasteiger charge is 2.21. The monoisotopic (exact) mass is 317 g/mol. The lowest BCUT2D eigenvalue weighted by molar-refractivity contribution is -0.143. The molecule has 0 aliphatic heterocycles. The lowest BCUT2D eigenvalue weighted by Crippen LogP contribution is -2.47. The number of nitrogens with zero attached hydrogens (tertiary/aromatic N) is 1. The fourth-order valence-electron chi connectivity index (χ4n) is 1.47. The summed E-state index contributed by atoms with van der Waals surface area (Å²) in [4.78, 5) is 38.1. The van der Waals surface area contributed by atoms with E-state index >= 15 is 0 Å². The summed E-state index contributed by atoms with van der Waals surface area (Å²) in [6.45, 7) is 1.91. The minimum atomic E-state index is -0.860. The van der Waals surface area contributed by atoms with Gasteiger partial charge < -0.3 is 31.6 Å². The molecule has 0 aromatic carbocycles. The SMILES string of the molecule is CCOC(=O)CNC(=O)N[C@@H](CCCN=C(N)N)C(=O)OC. The van der Waals surface area contributed by atoms with Crippen molar-refractivity contribution in [1.29, 1.82) is 0 Å². The number of guanidine groups is 1. The van der Waals surface area contributed by atoms with Gasteiger partial charge in [-0.1, -0.05) is 0 Å². The van der Waals surface area contributed by atoms with E-state index in [0.29, 0.717) is 13.0 Å². The molecule has 0 saturated heterocycles. The molecule has 0 saturated carbocycles. The molecule has 0 fully saturated rings. The summed E-state index contributed by atoms with van der Waals surface area (Å²) < 4.78 is 9.25. The van der Waals surface area contributed by atoms with E-state index in [1.54, 1.807) is 6.92 Å². The number of ether oxygens (including phenoxy) is 2. The minimum absolute atomic E-state index is 0.0465. The summed E-state index contributed by atoms with van der Waals surface area (Å²) in [5, 5.41) is 4.70. The molecule has 0 aromatic rings. The Morgan fingerprint density at radius 2 is 1.95 bits per heavy atom. The van der Waals surface area contributed by atoms with Crippen LogP contribution >= 0.6 is 0 Å². The van der Waals surface area contributed by atoms with Crippen LogP contribution in [-0.4, -0.2) is 56.8 Å². The second-order valence-electron chi connectivity index (χ2n) is 4.16. The van der Waals surface area contributed by atoms with Crippen molar-refractivity contribution in [2.24, 2.45) is 16.5 Å². The molecule has 2 amide bonds. The Hall–Kier alpha value is -2.52. The van der Waals surface area contributed by atoms with Crippen molar-refractivity contribution in [1.82, 2.24) is 10.6 Å². The number of methoxy groups -OCH3 is 1. The van der Waals surface area contributed by atoms with Crippen molar-refractivity contribution < 1.29 is 23.9 Å². The number of urea groups is 1. The van der Waals surface area contributed by atoms with Crippen LogP contribution in [0, 0.1) is 0 Å². The van der Waals surface area contributed by atoms with E-state index in [1.165, 1.54) is 7.11 Å². The molecule has 10 heteroatoms. The first-order valence-electron chi connectivity index (χ1n) is 6.73. The molecule has 22 heavy (non-hydrogen) atoms. The summed E-state index contributed by atoms with van der Waals surface area (Å²) in [6.07, 6.45) is 0.756. The van der Waals surface area contributed by atoms with Crippen LogP contribution < -0.4 is 22.1 Å². The number of rotatable bonds is 9. The number of nitrogens with two attached hydrogens (primary N) is 2. The van der Waals surface area contributed by atoms with Crippen LogP contribution in [0.1, 0.15) is 19.8 Å². The van der Waals surface area contributed by atoms with E-state index in [2.05, 4.69) is 25.1 Å². The molecular weight excluding hydrogens is 294 g/mol. The molecule has 0 heterocycles. The lowest BCUT2D eigenvalue weighted by atomic mass is 10.1. The smallest absolute Gasteiger partial charge is 0.328 e.